The van der Waals surface area contributed by atoms with E-state index in [4.69, 9.17) is 0 Å². The second-order valence-electron chi connectivity index (χ2n) is 10.5. The van der Waals surface area contributed by atoms with Gasteiger partial charge in [-0.1, -0.05) is 6.07 Å². The largest absolute Gasteiger partial charge is 0.481 e. The van der Waals surface area contributed by atoms with Crippen molar-refractivity contribution in [3.63, 3.8) is 0 Å². The van der Waals surface area contributed by atoms with Gasteiger partial charge in [0.05, 0.1) is 23.3 Å². The van der Waals surface area contributed by atoms with Crippen LogP contribution in [0.4, 0.5) is 10.1 Å². The number of halogens is 1. The third-order valence-electron chi connectivity index (χ3n) is 7.70. The van der Waals surface area contributed by atoms with E-state index in [2.05, 4.69) is 15.6 Å². The van der Waals surface area contributed by atoms with Crippen LogP contribution < -0.4 is 10.6 Å². The number of piperidine rings is 2. The zero-order valence-corrected chi connectivity index (χ0v) is 22.2. The maximum absolute atomic E-state index is 13.8. The number of nitrogens with zero attached hydrogens (tertiary/aromatic N) is 3. The number of benzene rings is 1. The summed E-state index contributed by atoms with van der Waals surface area (Å²) in [5.41, 5.74) is 0.443. The Morgan fingerprint density at radius 3 is 2.67 bits per heavy atom. The molecular weight excluding hydrogens is 521 g/mol. The number of carbonyl (C=O) groups is 3. The summed E-state index contributed by atoms with van der Waals surface area (Å²) in [5, 5.41) is 26.8. The Hall–Kier alpha value is -3.93. The lowest BCUT2D eigenvalue weighted by molar-refractivity contribution is -0.387. The highest BCUT2D eigenvalue weighted by Gasteiger charge is 2.31. The lowest BCUT2D eigenvalue weighted by atomic mass is 9.92. The topological polar surface area (TPSA) is 155 Å². The first-order chi connectivity index (χ1) is 19.2. The predicted molar refractivity (Wildman–Crippen MR) is 144 cm³/mol. The summed E-state index contributed by atoms with van der Waals surface area (Å²) in [4.78, 5) is 54.0. The average molecular weight is 556 g/mol. The minimum absolute atomic E-state index is 0.0448. The Labute approximate surface area is 231 Å². The predicted octanol–water partition coefficient (Wildman–Crippen LogP) is 3.45. The van der Waals surface area contributed by atoms with Crippen molar-refractivity contribution < 1.29 is 28.8 Å². The number of pyridine rings is 1. The molecule has 2 aliphatic heterocycles. The Balaban J connectivity index is 1.43. The number of nitrogens with one attached hydrogen (secondary N) is 2. The van der Waals surface area contributed by atoms with Crippen LogP contribution in [0.3, 0.4) is 0 Å². The summed E-state index contributed by atoms with van der Waals surface area (Å²) in [5.74, 6) is -2.33. The molecule has 0 radical (unpaired) electrons. The Bertz CT molecular complexity index is 1250. The van der Waals surface area contributed by atoms with Crippen LogP contribution in [-0.2, 0) is 14.4 Å². The van der Waals surface area contributed by atoms with Crippen LogP contribution in [0.25, 0.3) is 11.1 Å². The van der Waals surface area contributed by atoms with Crippen molar-refractivity contribution in [3.05, 3.63) is 58.2 Å². The molecule has 0 saturated carbocycles. The highest BCUT2D eigenvalue weighted by atomic mass is 19.1. The van der Waals surface area contributed by atoms with Crippen molar-refractivity contribution in [1.82, 2.24) is 20.5 Å². The molecule has 3 N–H and O–H groups in total. The molecule has 2 atom stereocenters. The van der Waals surface area contributed by atoms with Gasteiger partial charge < -0.3 is 20.6 Å². The zero-order valence-electron chi connectivity index (χ0n) is 22.2. The van der Waals surface area contributed by atoms with E-state index in [1.54, 1.807) is 11.0 Å². The van der Waals surface area contributed by atoms with Crippen LogP contribution in [-0.4, -0.2) is 63.9 Å². The van der Waals surface area contributed by atoms with E-state index in [0.29, 0.717) is 48.4 Å². The van der Waals surface area contributed by atoms with E-state index in [-0.39, 0.29) is 18.4 Å². The minimum Gasteiger partial charge on any atom is -0.481 e. The molecule has 0 bridgehead atoms. The molecule has 0 aliphatic carbocycles. The molecule has 2 aromatic rings. The smallest absolute Gasteiger partial charge is 0.305 e. The third-order valence-corrected chi connectivity index (χ3v) is 7.70. The summed E-state index contributed by atoms with van der Waals surface area (Å²) < 4.78 is 13.8. The summed E-state index contributed by atoms with van der Waals surface area (Å²) in [7, 11) is 0. The van der Waals surface area contributed by atoms with E-state index in [9.17, 15) is 34.0 Å². The fourth-order valence-corrected chi connectivity index (χ4v) is 5.43. The lowest BCUT2D eigenvalue weighted by Gasteiger charge is -2.33. The van der Waals surface area contributed by atoms with Crippen LogP contribution in [0.5, 0.6) is 0 Å². The number of rotatable bonds is 10. The van der Waals surface area contributed by atoms with Gasteiger partial charge in [-0.2, -0.15) is 4.39 Å². The fourth-order valence-electron chi connectivity index (χ4n) is 5.43. The first kappa shape index (κ1) is 29.1. The quantitative estimate of drug-likeness (QED) is 0.297. The maximum atomic E-state index is 13.8. The van der Waals surface area contributed by atoms with Gasteiger partial charge >= 0.3 is 11.7 Å². The van der Waals surface area contributed by atoms with Gasteiger partial charge in [0.15, 0.2) is 0 Å². The maximum Gasteiger partial charge on any atom is 0.305 e. The monoisotopic (exact) mass is 555 g/mol. The van der Waals surface area contributed by atoms with E-state index >= 15 is 0 Å². The van der Waals surface area contributed by atoms with E-state index < -0.39 is 40.8 Å². The molecule has 11 nitrogen and oxygen atoms in total. The molecule has 2 unspecified atom stereocenters. The normalized spacial score (nSPS) is 18.6. The van der Waals surface area contributed by atoms with Crippen molar-refractivity contribution in [2.45, 2.75) is 51.0 Å². The van der Waals surface area contributed by atoms with E-state index in [1.807, 2.05) is 0 Å². The number of amides is 2. The highest BCUT2D eigenvalue weighted by molar-refractivity contribution is 5.82. The number of hydrogen-bond donors (Lipinski definition) is 3. The summed E-state index contributed by atoms with van der Waals surface area (Å²) in [6.07, 6.45) is 7.14. The molecule has 0 spiro atoms. The first-order valence-electron chi connectivity index (χ1n) is 13.6. The first-order valence-corrected chi connectivity index (χ1v) is 13.6. The molecule has 4 rings (SSSR count). The number of nitro benzene ring substituents is 1. The Morgan fingerprint density at radius 2 is 1.95 bits per heavy atom. The minimum atomic E-state index is -1.13. The summed E-state index contributed by atoms with van der Waals surface area (Å²) >= 11 is 0. The molecular formula is C28H34FN5O6. The number of likely N-dealkylation sites (tertiary alicyclic amines) is 1. The van der Waals surface area contributed by atoms with Crippen LogP contribution >= 0.6 is 0 Å². The van der Waals surface area contributed by atoms with Gasteiger partial charge in [0.1, 0.15) is 0 Å². The summed E-state index contributed by atoms with van der Waals surface area (Å²) in [6, 6.07) is 4.10. The molecule has 2 aliphatic rings. The number of nitro groups is 1. The average Bonchev–Trinajstić information content (AvgIpc) is 2.96. The SMILES string of the molecule is O=C(O)CC(NC(=O)C1CCCN(C(=O)CCC2CCNCC2)C1)c1cncc(-c2ccc(F)c([N+](=O)[O-])c2)c1. The van der Waals surface area contributed by atoms with Crippen molar-refractivity contribution in [3.8, 4) is 11.1 Å². The second kappa shape index (κ2) is 13.4. The lowest BCUT2D eigenvalue weighted by Crippen LogP contribution is -2.46. The number of hydrogen-bond acceptors (Lipinski definition) is 7. The van der Waals surface area contributed by atoms with E-state index in [0.717, 1.165) is 44.5 Å². The van der Waals surface area contributed by atoms with Gasteiger partial charge in [-0.3, -0.25) is 29.5 Å². The zero-order chi connectivity index (χ0) is 28.6. The van der Waals surface area contributed by atoms with Crippen molar-refractivity contribution in [2.75, 3.05) is 26.2 Å². The van der Waals surface area contributed by atoms with Gasteiger partial charge in [-0.05, 0) is 74.4 Å². The Kier molecular flexibility index (Phi) is 9.75. The molecule has 2 amide bonds. The van der Waals surface area contributed by atoms with Gasteiger partial charge in [0.25, 0.3) is 0 Å². The number of carboxylic acids is 1. The summed E-state index contributed by atoms with van der Waals surface area (Å²) in [6.45, 7) is 2.84. The number of carboxylic acid groups (broad SMARTS) is 1. The van der Waals surface area contributed by atoms with Crippen LogP contribution in [0.1, 0.15) is 56.6 Å². The second-order valence-corrected chi connectivity index (χ2v) is 10.5. The van der Waals surface area contributed by atoms with Crippen molar-refractivity contribution >= 4 is 23.5 Å². The van der Waals surface area contributed by atoms with Crippen molar-refractivity contribution in [2.24, 2.45) is 11.8 Å². The van der Waals surface area contributed by atoms with Gasteiger partial charge in [-0.15, -0.1) is 0 Å². The molecule has 40 heavy (non-hydrogen) atoms. The van der Waals surface area contributed by atoms with Gasteiger partial charge in [0, 0.05) is 43.5 Å². The molecule has 2 saturated heterocycles. The van der Waals surface area contributed by atoms with Crippen LogP contribution in [0.2, 0.25) is 0 Å². The fraction of sp³-hybridized carbons (Fsp3) is 0.500. The Morgan fingerprint density at radius 1 is 1.18 bits per heavy atom. The molecule has 3 heterocycles. The number of aliphatic carboxylic acids is 1. The standard InChI is InChI=1S/C28H34FN5O6/c29-23-5-4-19(13-25(23)34(39)40)21-12-22(16-31-15-21)24(14-27(36)37)32-28(38)20-2-1-11-33(17-20)26(35)6-3-18-7-9-30-10-8-18/h4-5,12-13,15-16,18,20,24,30H,1-3,6-11,14,17H2,(H,32,38)(H,36,37). The molecule has 2 fully saturated rings. The van der Waals surface area contributed by atoms with Crippen LogP contribution in [0.15, 0.2) is 36.7 Å². The molecule has 12 heteroatoms. The van der Waals surface area contributed by atoms with E-state index in [1.165, 1.54) is 18.5 Å². The van der Waals surface area contributed by atoms with Gasteiger partial charge in [0.2, 0.25) is 17.6 Å². The molecule has 1 aromatic carbocycles. The third kappa shape index (κ3) is 7.59. The number of aromatic nitrogens is 1. The number of carbonyl (C=O) groups excluding carboxylic acids is 2. The molecule has 214 valence electrons. The van der Waals surface area contributed by atoms with Gasteiger partial charge in [-0.25, -0.2) is 0 Å². The van der Waals surface area contributed by atoms with Crippen molar-refractivity contribution in [1.29, 1.82) is 0 Å². The highest BCUT2D eigenvalue weighted by Crippen LogP contribution is 2.29. The molecule has 1 aromatic heterocycles. The van der Waals surface area contributed by atoms with Crippen LogP contribution in [0, 0.1) is 27.8 Å².